The third-order valence-corrected chi connectivity index (χ3v) is 9.40. The third kappa shape index (κ3) is 5.00. The van der Waals surface area contributed by atoms with E-state index in [0.29, 0.717) is 32.3 Å². The summed E-state index contributed by atoms with van der Waals surface area (Å²) < 4.78 is 17.3. The van der Waals surface area contributed by atoms with Gasteiger partial charge >= 0.3 is 0 Å². The zero-order valence-corrected chi connectivity index (χ0v) is 25.4. The lowest BCUT2D eigenvalue weighted by Gasteiger charge is -2.13. The zero-order chi connectivity index (χ0) is 29.5. The maximum Gasteiger partial charge on any atom is 0.268 e. The molecule has 210 valence electrons. The first-order valence-corrected chi connectivity index (χ1v) is 15.4. The minimum absolute atomic E-state index is 0.0167. The standard InChI is InChI=1S/C33H25ClFN3O2S2/c1-19-16-25(20(2)37(19)24-14-15-27(35)26(34)17-24)28(39)18-41-33-36-31-30(32(40)38(33)23-12-8-5-9-13-23)29(21(3)42-31)22-10-6-4-7-11-22/h4-17H,18H2,1-3H3. The Morgan fingerprint density at radius 1 is 0.929 bits per heavy atom. The van der Waals surface area contributed by atoms with Gasteiger partial charge in [0.1, 0.15) is 10.6 Å². The summed E-state index contributed by atoms with van der Waals surface area (Å²) >= 11 is 8.75. The second-order valence-electron chi connectivity index (χ2n) is 9.88. The number of Topliss-reactive ketones (excluding diaryl/α,β-unsaturated/α-hetero) is 1. The molecule has 3 aromatic heterocycles. The Morgan fingerprint density at radius 2 is 1.62 bits per heavy atom. The SMILES string of the molecule is Cc1sc2nc(SCC(=O)c3cc(C)n(-c4ccc(F)c(Cl)c4)c3C)n(-c3ccccc3)c(=O)c2c1-c1ccccc1. The fourth-order valence-electron chi connectivity index (χ4n) is 5.27. The molecule has 0 aliphatic carbocycles. The van der Waals surface area contributed by atoms with Crippen LogP contribution in [0.2, 0.25) is 5.02 Å². The number of aryl methyl sites for hydroxylation is 2. The number of hydrogen-bond acceptors (Lipinski definition) is 5. The van der Waals surface area contributed by atoms with Crippen molar-refractivity contribution < 1.29 is 9.18 Å². The highest BCUT2D eigenvalue weighted by atomic mass is 35.5. The van der Waals surface area contributed by atoms with E-state index in [2.05, 4.69) is 0 Å². The maximum absolute atomic E-state index is 14.2. The number of benzene rings is 3. The number of fused-ring (bicyclic) bond motifs is 1. The van der Waals surface area contributed by atoms with E-state index >= 15 is 0 Å². The Morgan fingerprint density at radius 3 is 2.31 bits per heavy atom. The second-order valence-corrected chi connectivity index (χ2v) is 12.4. The largest absolute Gasteiger partial charge is 0.318 e. The number of nitrogens with zero attached hydrogens (tertiary/aromatic N) is 3. The van der Waals surface area contributed by atoms with Gasteiger partial charge in [0.05, 0.1) is 21.8 Å². The number of carbonyl (C=O) groups is 1. The summed E-state index contributed by atoms with van der Waals surface area (Å²) in [5, 5.41) is 1.04. The highest BCUT2D eigenvalue weighted by molar-refractivity contribution is 7.99. The van der Waals surface area contributed by atoms with Crippen molar-refractivity contribution in [2.75, 3.05) is 5.75 Å². The lowest BCUT2D eigenvalue weighted by molar-refractivity contribution is 0.102. The summed E-state index contributed by atoms with van der Waals surface area (Å²) in [5.74, 6) is -0.523. The minimum Gasteiger partial charge on any atom is -0.318 e. The Kier molecular flexibility index (Phi) is 7.62. The summed E-state index contributed by atoms with van der Waals surface area (Å²) in [7, 11) is 0. The van der Waals surface area contributed by atoms with Gasteiger partial charge in [0.15, 0.2) is 10.9 Å². The molecule has 0 fully saturated rings. The van der Waals surface area contributed by atoms with Gasteiger partial charge in [0.2, 0.25) is 0 Å². The molecule has 3 aromatic carbocycles. The van der Waals surface area contributed by atoms with E-state index in [0.717, 1.165) is 27.4 Å². The predicted octanol–water partition coefficient (Wildman–Crippen LogP) is 8.60. The summed E-state index contributed by atoms with van der Waals surface area (Å²) in [6, 6.07) is 25.6. The van der Waals surface area contributed by atoms with Gasteiger partial charge < -0.3 is 4.57 Å². The smallest absolute Gasteiger partial charge is 0.268 e. The molecule has 0 aliphatic heterocycles. The lowest BCUT2D eigenvalue weighted by atomic mass is 10.0. The average molecular weight is 614 g/mol. The molecule has 9 heteroatoms. The number of ketones is 1. The fraction of sp³-hybridized carbons (Fsp3) is 0.121. The summed E-state index contributed by atoms with van der Waals surface area (Å²) in [4.78, 5) is 34.3. The van der Waals surface area contributed by atoms with E-state index in [1.54, 1.807) is 16.7 Å². The number of carbonyl (C=O) groups excluding carboxylic acids is 1. The van der Waals surface area contributed by atoms with E-state index in [1.165, 1.54) is 29.2 Å². The number of thiophene rings is 1. The van der Waals surface area contributed by atoms with Gasteiger partial charge in [-0.2, -0.15) is 0 Å². The van der Waals surface area contributed by atoms with E-state index in [4.69, 9.17) is 16.6 Å². The Hall–Kier alpha value is -3.98. The van der Waals surface area contributed by atoms with Crippen LogP contribution in [0.1, 0.15) is 26.6 Å². The highest BCUT2D eigenvalue weighted by Crippen LogP contribution is 2.37. The van der Waals surface area contributed by atoms with Crippen LogP contribution in [0, 0.1) is 26.6 Å². The molecule has 6 rings (SSSR count). The molecule has 0 N–H and O–H groups in total. The molecule has 0 atom stereocenters. The van der Waals surface area contributed by atoms with E-state index < -0.39 is 5.82 Å². The Bertz CT molecular complexity index is 2030. The van der Waals surface area contributed by atoms with Crippen molar-refractivity contribution in [3.8, 4) is 22.5 Å². The van der Waals surface area contributed by atoms with Gasteiger partial charge in [0.25, 0.3) is 5.56 Å². The van der Waals surface area contributed by atoms with Crippen LogP contribution in [0.15, 0.2) is 94.9 Å². The molecule has 3 heterocycles. The molecule has 0 amide bonds. The van der Waals surface area contributed by atoms with Gasteiger partial charge in [-0.3, -0.25) is 14.2 Å². The number of para-hydroxylation sites is 1. The monoisotopic (exact) mass is 613 g/mol. The average Bonchev–Trinajstić information content (AvgIpc) is 3.48. The Labute approximate surface area is 255 Å². The number of hydrogen-bond donors (Lipinski definition) is 0. The maximum atomic E-state index is 14.2. The van der Waals surface area contributed by atoms with Crippen LogP contribution in [0.4, 0.5) is 4.39 Å². The van der Waals surface area contributed by atoms with Crippen molar-refractivity contribution in [1.29, 1.82) is 0 Å². The molecular weight excluding hydrogens is 589 g/mol. The van der Waals surface area contributed by atoms with Gasteiger partial charge in [-0.25, -0.2) is 9.37 Å². The predicted molar refractivity (Wildman–Crippen MR) is 171 cm³/mol. The molecule has 6 aromatic rings. The third-order valence-electron chi connectivity index (χ3n) is 7.17. The molecule has 0 radical (unpaired) electrons. The molecule has 0 saturated heterocycles. The van der Waals surface area contributed by atoms with E-state index in [9.17, 15) is 14.0 Å². The van der Waals surface area contributed by atoms with Crippen molar-refractivity contribution >= 4 is 50.7 Å². The molecule has 0 bridgehead atoms. The van der Waals surface area contributed by atoms with Crippen molar-refractivity contribution in [2.45, 2.75) is 25.9 Å². The normalized spacial score (nSPS) is 11.4. The van der Waals surface area contributed by atoms with Crippen molar-refractivity contribution in [1.82, 2.24) is 14.1 Å². The quantitative estimate of drug-likeness (QED) is 0.103. The summed E-state index contributed by atoms with van der Waals surface area (Å²) in [6.45, 7) is 5.74. The molecule has 42 heavy (non-hydrogen) atoms. The summed E-state index contributed by atoms with van der Waals surface area (Å²) in [6.07, 6.45) is 0. The molecule has 0 unspecified atom stereocenters. The van der Waals surface area contributed by atoms with Gasteiger partial charge in [0, 0.05) is 33.1 Å². The summed E-state index contributed by atoms with van der Waals surface area (Å²) in [5.41, 5.74) is 5.14. The number of rotatable bonds is 7. The van der Waals surface area contributed by atoms with Crippen LogP contribution in [-0.4, -0.2) is 25.7 Å². The number of aromatic nitrogens is 3. The van der Waals surface area contributed by atoms with Crippen LogP contribution in [-0.2, 0) is 0 Å². The van der Waals surface area contributed by atoms with Crippen LogP contribution in [0.5, 0.6) is 0 Å². The van der Waals surface area contributed by atoms with Gasteiger partial charge in [-0.05, 0) is 62.7 Å². The first-order valence-electron chi connectivity index (χ1n) is 13.2. The van der Waals surface area contributed by atoms with Crippen LogP contribution >= 0.6 is 34.7 Å². The molecule has 0 saturated carbocycles. The number of thioether (sulfide) groups is 1. The van der Waals surface area contributed by atoms with Gasteiger partial charge in [-0.15, -0.1) is 11.3 Å². The van der Waals surface area contributed by atoms with Crippen molar-refractivity contribution in [2.24, 2.45) is 0 Å². The molecular formula is C33H25ClFN3O2S2. The highest BCUT2D eigenvalue weighted by Gasteiger charge is 2.23. The first-order chi connectivity index (χ1) is 20.2. The van der Waals surface area contributed by atoms with Crippen LogP contribution in [0.3, 0.4) is 0 Å². The topological polar surface area (TPSA) is 56.9 Å². The van der Waals surface area contributed by atoms with Gasteiger partial charge in [-0.1, -0.05) is 71.9 Å². The van der Waals surface area contributed by atoms with Crippen molar-refractivity contribution in [3.63, 3.8) is 0 Å². The van der Waals surface area contributed by atoms with Crippen molar-refractivity contribution in [3.05, 3.63) is 128 Å². The second kappa shape index (κ2) is 11.4. The van der Waals surface area contributed by atoms with Crippen LogP contribution in [0.25, 0.3) is 32.7 Å². The van der Waals surface area contributed by atoms with Crippen LogP contribution < -0.4 is 5.56 Å². The fourth-order valence-corrected chi connectivity index (χ4v) is 7.43. The zero-order valence-electron chi connectivity index (χ0n) is 23.0. The minimum atomic E-state index is -0.499. The Balaban J connectivity index is 1.40. The van der Waals surface area contributed by atoms with E-state index in [-0.39, 0.29) is 22.1 Å². The molecule has 0 spiro atoms. The van der Waals surface area contributed by atoms with E-state index in [1.807, 2.05) is 92.1 Å². The number of halogens is 2. The molecule has 0 aliphatic rings. The lowest BCUT2D eigenvalue weighted by Crippen LogP contribution is -2.22. The molecule has 5 nitrogen and oxygen atoms in total. The first kappa shape index (κ1) is 28.2.